The smallest absolute Gasteiger partial charge is 0.00103 e. The van der Waals surface area contributed by atoms with Gasteiger partial charge in [0.1, 0.15) is 0 Å². The van der Waals surface area contributed by atoms with Gasteiger partial charge in [0, 0.05) is 6.04 Å². The van der Waals surface area contributed by atoms with E-state index < -0.39 is 0 Å². The summed E-state index contributed by atoms with van der Waals surface area (Å²) in [6.07, 6.45) is 4.01. The summed E-state index contributed by atoms with van der Waals surface area (Å²) in [5.74, 6) is 3.58. The van der Waals surface area contributed by atoms with E-state index in [1.807, 2.05) is 0 Å². The molecular weight excluding hydrogens is 190 g/mol. The van der Waals surface area contributed by atoms with Crippen LogP contribution in [0.15, 0.2) is 0 Å². The second-order valence-corrected chi connectivity index (χ2v) is 5.55. The van der Waals surface area contributed by atoms with Gasteiger partial charge in [-0.2, -0.15) is 11.8 Å². The summed E-state index contributed by atoms with van der Waals surface area (Å²) in [4.78, 5) is 0. The Labute approximate surface area is 94.4 Å². The maximum absolute atomic E-state index is 3.45. The molecule has 86 valence electrons. The Kier molecular flexibility index (Phi) is 10.1. The molecule has 0 aromatic rings. The van der Waals surface area contributed by atoms with Crippen molar-refractivity contribution in [3.8, 4) is 0 Å². The highest BCUT2D eigenvalue weighted by Crippen LogP contribution is 2.12. The Morgan fingerprint density at radius 3 is 2.43 bits per heavy atom. The van der Waals surface area contributed by atoms with E-state index in [0.717, 1.165) is 5.92 Å². The van der Waals surface area contributed by atoms with Crippen LogP contribution < -0.4 is 5.32 Å². The van der Waals surface area contributed by atoms with E-state index in [1.54, 1.807) is 0 Å². The fourth-order valence-electron chi connectivity index (χ4n) is 1.12. The third-order valence-corrected chi connectivity index (χ3v) is 3.75. The first kappa shape index (κ1) is 14.3. The van der Waals surface area contributed by atoms with Crippen LogP contribution in [0, 0.1) is 5.92 Å². The highest BCUT2D eigenvalue weighted by atomic mass is 32.2. The van der Waals surface area contributed by atoms with Crippen LogP contribution in [0.1, 0.15) is 47.0 Å². The highest BCUT2D eigenvalue weighted by molar-refractivity contribution is 7.99. The van der Waals surface area contributed by atoms with Crippen LogP contribution in [-0.2, 0) is 0 Å². The van der Waals surface area contributed by atoms with Gasteiger partial charge in [0.25, 0.3) is 0 Å². The number of nitrogens with one attached hydrogen (secondary N) is 1. The van der Waals surface area contributed by atoms with E-state index in [0.29, 0.717) is 6.04 Å². The molecule has 0 aliphatic heterocycles. The molecule has 0 aromatic heterocycles. The zero-order valence-electron chi connectivity index (χ0n) is 10.3. The lowest BCUT2D eigenvalue weighted by molar-refractivity contribution is 0.567. The lowest BCUT2D eigenvalue weighted by Gasteiger charge is -2.09. The zero-order valence-corrected chi connectivity index (χ0v) is 11.1. The second kappa shape index (κ2) is 9.85. The lowest BCUT2D eigenvalue weighted by atomic mass is 10.2. The average Bonchev–Trinajstić information content (AvgIpc) is 2.15. The van der Waals surface area contributed by atoms with Gasteiger partial charge in [-0.05, 0) is 36.8 Å². The van der Waals surface area contributed by atoms with Gasteiger partial charge in [0.05, 0.1) is 0 Å². The number of hydrogen-bond donors (Lipinski definition) is 1. The normalized spacial score (nSPS) is 13.5. The van der Waals surface area contributed by atoms with Crippen LogP contribution in [0.4, 0.5) is 0 Å². The number of thioether (sulfide) groups is 1. The van der Waals surface area contributed by atoms with Crippen molar-refractivity contribution in [2.75, 3.05) is 18.1 Å². The third-order valence-electron chi connectivity index (χ3n) is 2.37. The van der Waals surface area contributed by atoms with Crippen LogP contribution in [0.5, 0.6) is 0 Å². The molecule has 14 heavy (non-hydrogen) atoms. The minimum Gasteiger partial charge on any atom is -0.315 e. The molecule has 2 heteroatoms. The van der Waals surface area contributed by atoms with Crippen molar-refractivity contribution < 1.29 is 0 Å². The number of rotatable bonds is 9. The number of hydrogen-bond acceptors (Lipinski definition) is 2. The predicted octanol–water partition coefficient (Wildman–Crippen LogP) is 3.54. The maximum Gasteiger partial charge on any atom is 0.00103 e. The zero-order chi connectivity index (χ0) is 10.8. The van der Waals surface area contributed by atoms with Crippen molar-refractivity contribution in [3.05, 3.63) is 0 Å². The molecule has 0 saturated heterocycles. The fraction of sp³-hybridized carbons (Fsp3) is 1.00. The van der Waals surface area contributed by atoms with Gasteiger partial charge in [-0.1, -0.05) is 34.1 Å². The largest absolute Gasteiger partial charge is 0.315 e. The van der Waals surface area contributed by atoms with Gasteiger partial charge in [-0.3, -0.25) is 0 Å². The summed E-state index contributed by atoms with van der Waals surface area (Å²) in [5, 5.41) is 3.45. The van der Waals surface area contributed by atoms with Gasteiger partial charge in [-0.25, -0.2) is 0 Å². The topological polar surface area (TPSA) is 12.0 Å². The van der Waals surface area contributed by atoms with E-state index in [9.17, 15) is 0 Å². The molecule has 1 nitrogen and oxygen atoms in total. The molecule has 0 saturated carbocycles. The van der Waals surface area contributed by atoms with E-state index in [4.69, 9.17) is 0 Å². The second-order valence-electron chi connectivity index (χ2n) is 4.40. The van der Waals surface area contributed by atoms with Crippen LogP contribution in [0.25, 0.3) is 0 Å². The highest BCUT2D eigenvalue weighted by Gasteiger charge is 1.98. The Hall–Kier alpha value is 0.310. The Morgan fingerprint density at radius 1 is 1.14 bits per heavy atom. The maximum atomic E-state index is 3.45. The molecule has 0 heterocycles. The lowest BCUT2D eigenvalue weighted by Crippen LogP contribution is -2.23. The van der Waals surface area contributed by atoms with Crippen LogP contribution >= 0.6 is 11.8 Å². The SMILES string of the molecule is CCC(C)CSCCCCNC(C)C. The molecular formula is C12H27NS. The summed E-state index contributed by atoms with van der Waals surface area (Å²) in [6.45, 7) is 10.2. The van der Waals surface area contributed by atoms with Crippen molar-refractivity contribution >= 4 is 11.8 Å². The Morgan fingerprint density at radius 2 is 1.86 bits per heavy atom. The monoisotopic (exact) mass is 217 g/mol. The predicted molar refractivity (Wildman–Crippen MR) is 69.2 cm³/mol. The van der Waals surface area contributed by atoms with E-state index in [1.165, 1.54) is 37.3 Å². The van der Waals surface area contributed by atoms with Crippen molar-refractivity contribution in [1.82, 2.24) is 5.32 Å². The van der Waals surface area contributed by atoms with Gasteiger partial charge in [0.15, 0.2) is 0 Å². The minimum absolute atomic E-state index is 0.641. The molecule has 0 aromatic carbocycles. The van der Waals surface area contributed by atoms with Gasteiger partial charge in [-0.15, -0.1) is 0 Å². The molecule has 0 bridgehead atoms. The van der Waals surface area contributed by atoms with Gasteiger partial charge < -0.3 is 5.32 Å². The summed E-state index contributed by atoms with van der Waals surface area (Å²) in [5.41, 5.74) is 0. The molecule has 1 atom stereocenters. The quantitative estimate of drug-likeness (QED) is 0.593. The van der Waals surface area contributed by atoms with E-state index in [-0.39, 0.29) is 0 Å². The van der Waals surface area contributed by atoms with Crippen LogP contribution in [0.3, 0.4) is 0 Å². The van der Waals surface area contributed by atoms with Gasteiger partial charge >= 0.3 is 0 Å². The van der Waals surface area contributed by atoms with Crippen LogP contribution in [-0.4, -0.2) is 24.1 Å². The van der Waals surface area contributed by atoms with E-state index >= 15 is 0 Å². The molecule has 0 fully saturated rings. The molecule has 0 rings (SSSR count). The molecule has 0 amide bonds. The molecule has 1 unspecified atom stereocenters. The summed E-state index contributed by atoms with van der Waals surface area (Å²) < 4.78 is 0. The van der Waals surface area contributed by atoms with Crippen molar-refractivity contribution in [1.29, 1.82) is 0 Å². The molecule has 0 aliphatic rings. The molecule has 1 N–H and O–H groups in total. The Balaban J connectivity index is 2.99. The average molecular weight is 217 g/mol. The molecule has 0 radical (unpaired) electrons. The van der Waals surface area contributed by atoms with Gasteiger partial charge in [0.2, 0.25) is 0 Å². The standard InChI is InChI=1S/C12H27NS/c1-5-12(4)10-14-9-7-6-8-13-11(2)3/h11-13H,5-10H2,1-4H3. The molecule has 0 aliphatic carbocycles. The van der Waals surface area contributed by atoms with Crippen LogP contribution in [0.2, 0.25) is 0 Å². The molecule has 0 spiro atoms. The first-order valence-corrected chi connectivity index (χ1v) is 7.13. The van der Waals surface area contributed by atoms with E-state index in [2.05, 4.69) is 44.8 Å². The third kappa shape index (κ3) is 10.4. The summed E-state index contributed by atoms with van der Waals surface area (Å²) >= 11 is 2.12. The first-order chi connectivity index (χ1) is 6.66. The summed E-state index contributed by atoms with van der Waals surface area (Å²) in [6, 6.07) is 0.641. The number of unbranched alkanes of at least 4 members (excludes halogenated alkanes) is 1. The fourth-order valence-corrected chi connectivity index (χ4v) is 2.34. The minimum atomic E-state index is 0.641. The van der Waals surface area contributed by atoms with Crippen molar-refractivity contribution in [2.24, 2.45) is 5.92 Å². The van der Waals surface area contributed by atoms with Crippen molar-refractivity contribution in [2.45, 2.75) is 53.0 Å². The first-order valence-electron chi connectivity index (χ1n) is 5.98. The summed E-state index contributed by atoms with van der Waals surface area (Å²) in [7, 11) is 0. The Bertz CT molecular complexity index is 115. The van der Waals surface area contributed by atoms with Crippen molar-refractivity contribution in [3.63, 3.8) is 0 Å².